The maximum absolute atomic E-state index is 4.93. The van der Waals surface area contributed by atoms with Crippen LogP contribution in [-0.4, -0.2) is 9.97 Å². The number of aryl methyl sites for hydroxylation is 2. The zero-order valence-corrected chi connectivity index (χ0v) is 18.1. The summed E-state index contributed by atoms with van der Waals surface area (Å²) in [6.45, 7) is 4.55. The smallest absolute Gasteiger partial charge is 0.159 e. The fourth-order valence-electron chi connectivity index (χ4n) is 4.40. The molecular weight excluding hydrogens is 340 g/mol. The van der Waals surface area contributed by atoms with Gasteiger partial charge in [0.05, 0.1) is 0 Å². The summed E-state index contributed by atoms with van der Waals surface area (Å²) >= 11 is 0. The van der Waals surface area contributed by atoms with Gasteiger partial charge in [0.25, 0.3) is 0 Å². The van der Waals surface area contributed by atoms with Crippen molar-refractivity contribution in [2.75, 3.05) is 0 Å². The van der Waals surface area contributed by atoms with Crippen LogP contribution >= 0.6 is 0 Å². The van der Waals surface area contributed by atoms with E-state index < -0.39 is 0 Å². The molecule has 1 aromatic heterocycles. The van der Waals surface area contributed by atoms with E-state index in [1.54, 1.807) is 0 Å². The highest BCUT2D eigenvalue weighted by Crippen LogP contribution is 2.29. The standard InChI is InChI=1S/C26H38N2/c1-3-5-7-9-11-21-13-16-23(17-14-21)26-27-20-24-19-22(12-10-8-6-4-2)15-18-25(24)28-26/h13-14,16-17,20,22H,3-12,15,18-19H2,1-2H3. The second-order valence-corrected chi connectivity index (χ2v) is 8.63. The average molecular weight is 379 g/mol. The van der Waals surface area contributed by atoms with Crippen LogP contribution in [0.15, 0.2) is 30.5 Å². The van der Waals surface area contributed by atoms with E-state index in [-0.39, 0.29) is 0 Å². The van der Waals surface area contributed by atoms with E-state index in [9.17, 15) is 0 Å². The van der Waals surface area contributed by atoms with Crippen LogP contribution < -0.4 is 0 Å². The van der Waals surface area contributed by atoms with Crippen LogP contribution in [0.4, 0.5) is 0 Å². The van der Waals surface area contributed by atoms with Crippen LogP contribution in [0.1, 0.15) is 94.9 Å². The minimum absolute atomic E-state index is 0.839. The molecule has 152 valence electrons. The van der Waals surface area contributed by atoms with Crippen molar-refractivity contribution in [3.8, 4) is 11.4 Å². The third-order valence-electron chi connectivity index (χ3n) is 6.25. The predicted molar refractivity (Wildman–Crippen MR) is 120 cm³/mol. The normalized spacial score (nSPS) is 16.1. The number of hydrogen-bond acceptors (Lipinski definition) is 2. The third-order valence-corrected chi connectivity index (χ3v) is 6.25. The fourth-order valence-corrected chi connectivity index (χ4v) is 4.40. The summed E-state index contributed by atoms with van der Waals surface area (Å²) in [4.78, 5) is 9.64. The molecule has 1 aromatic carbocycles. The molecule has 0 amide bonds. The van der Waals surface area contributed by atoms with Crippen molar-refractivity contribution in [3.05, 3.63) is 47.3 Å². The van der Waals surface area contributed by atoms with Gasteiger partial charge in [-0.05, 0) is 49.1 Å². The van der Waals surface area contributed by atoms with Gasteiger partial charge in [0.1, 0.15) is 0 Å². The van der Waals surface area contributed by atoms with E-state index in [0.29, 0.717) is 0 Å². The zero-order chi connectivity index (χ0) is 19.6. The van der Waals surface area contributed by atoms with Gasteiger partial charge in [0.15, 0.2) is 5.82 Å². The first-order valence-electron chi connectivity index (χ1n) is 11.7. The molecule has 2 aromatic rings. The van der Waals surface area contributed by atoms with E-state index in [4.69, 9.17) is 9.97 Å². The van der Waals surface area contributed by atoms with E-state index in [1.165, 1.54) is 93.9 Å². The monoisotopic (exact) mass is 378 g/mol. The molecule has 3 rings (SSSR count). The van der Waals surface area contributed by atoms with Crippen LogP contribution in [0, 0.1) is 5.92 Å². The number of fused-ring (bicyclic) bond motifs is 1. The molecule has 0 saturated carbocycles. The molecule has 2 heteroatoms. The molecule has 0 N–H and O–H groups in total. The Morgan fingerprint density at radius 2 is 1.64 bits per heavy atom. The lowest BCUT2D eigenvalue weighted by atomic mass is 9.84. The van der Waals surface area contributed by atoms with Gasteiger partial charge in [0, 0.05) is 17.5 Å². The van der Waals surface area contributed by atoms with E-state index >= 15 is 0 Å². The number of nitrogens with zero attached hydrogens (tertiary/aromatic N) is 2. The Hall–Kier alpha value is -1.70. The molecule has 1 aliphatic carbocycles. The van der Waals surface area contributed by atoms with Crippen molar-refractivity contribution in [1.29, 1.82) is 0 Å². The van der Waals surface area contributed by atoms with E-state index in [1.807, 2.05) is 0 Å². The first kappa shape index (κ1) is 21.0. The number of rotatable bonds is 11. The molecular formula is C26H38N2. The van der Waals surface area contributed by atoms with Gasteiger partial charge in [-0.1, -0.05) is 89.5 Å². The minimum Gasteiger partial charge on any atom is -0.236 e. The van der Waals surface area contributed by atoms with Gasteiger partial charge in [0.2, 0.25) is 0 Å². The maximum Gasteiger partial charge on any atom is 0.159 e. The summed E-state index contributed by atoms with van der Waals surface area (Å²) in [6, 6.07) is 8.93. The van der Waals surface area contributed by atoms with Crippen molar-refractivity contribution in [2.24, 2.45) is 5.92 Å². The van der Waals surface area contributed by atoms with Crippen molar-refractivity contribution < 1.29 is 0 Å². The molecule has 1 unspecified atom stereocenters. The summed E-state index contributed by atoms with van der Waals surface area (Å²) in [5.41, 5.74) is 5.27. The van der Waals surface area contributed by atoms with Gasteiger partial charge in [-0.3, -0.25) is 0 Å². The van der Waals surface area contributed by atoms with Crippen molar-refractivity contribution in [1.82, 2.24) is 9.97 Å². The second-order valence-electron chi connectivity index (χ2n) is 8.63. The molecule has 0 saturated heterocycles. The topological polar surface area (TPSA) is 25.8 Å². The van der Waals surface area contributed by atoms with Crippen LogP contribution in [0.5, 0.6) is 0 Å². The van der Waals surface area contributed by atoms with Crippen LogP contribution in [0.25, 0.3) is 11.4 Å². The molecule has 0 aliphatic heterocycles. The van der Waals surface area contributed by atoms with Gasteiger partial charge < -0.3 is 0 Å². The average Bonchev–Trinajstić information content (AvgIpc) is 2.74. The predicted octanol–water partition coefficient (Wildman–Crippen LogP) is 7.34. The summed E-state index contributed by atoms with van der Waals surface area (Å²) in [7, 11) is 0. The largest absolute Gasteiger partial charge is 0.236 e. The van der Waals surface area contributed by atoms with E-state index in [0.717, 1.165) is 23.7 Å². The fraction of sp³-hybridized carbons (Fsp3) is 0.615. The lowest BCUT2D eigenvalue weighted by Gasteiger charge is -2.24. The van der Waals surface area contributed by atoms with Crippen LogP contribution in [-0.2, 0) is 19.3 Å². The van der Waals surface area contributed by atoms with Gasteiger partial charge in [-0.25, -0.2) is 9.97 Å². The minimum atomic E-state index is 0.839. The second kappa shape index (κ2) is 11.3. The molecule has 2 nitrogen and oxygen atoms in total. The summed E-state index contributed by atoms with van der Waals surface area (Å²) in [5.74, 6) is 1.74. The number of benzene rings is 1. The SMILES string of the molecule is CCCCCCc1ccc(-c2ncc3c(n2)CCC(CCCCCC)C3)cc1. The van der Waals surface area contributed by atoms with Gasteiger partial charge in [-0.2, -0.15) is 0 Å². The molecule has 1 heterocycles. The molecule has 0 fully saturated rings. The number of aromatic nitrogens is 2. The molecule has 1 aliphatic rings. The molecule has 0 spiro atoms. The first-order valence-corrected chi connectivity index (χ1v) is 11.7. The molecule has 0 radical (unpaired) electrons. The summed E-state index contributed by atoms with van der Waals surface area (Å²) in [6.07, 6.45) is 19.0. The highest BCUT2D eigenvalue weighted by Gasteiger charge is 2.20. The Labute approximate surface area is 172 Å². The van der Waals surface area contributed by atoms with Crippen molar-refractivity contribution >= 4 is 0 Å². The first-order chi connectivity index (χ1) is 13.8. The quantitative estimate of drug-likeness (QED) is 0.382. The van der Waals surface area contributed by atoms with E-state index in [2.05, 4.69) is 44.3 Å². The zero-order valence-electron chi connectivity index (χ0n) is 18.1. The third kappa shape index (κ3) is 6.15. The highest BCUT2D eigenvalue weighted by molar-refractivity contribution is 5.55. The van der Waals surface area contributed by atoms with Crippen LogP contribution in [0.2, 0.25) is 0 Å². The Kier molecular flexibility index (Phi) is 8.51. The van der Waals surface area contributed by atoms with Crippen LogP contribution in [0.3, 0.4) is 0 Å². The van der Waals surface area contributed by atoms with Gasteiger partial charge >= 0.3 is 0 Å². The number of unbranched alkanes of at least 4 members (excludes halogenated alkanes) is 6. The molecule has 1 atom stereocenters. The highest BCUT2D eigenvalue weighted by atomic mass is 14.9. The summed E-state index contributed by atoms with van der Waals surface area (Å²) < 4.78 is 0. The molecule has 0 bridgehead atoms. The Morgan fingerprint density at radius 1 is 0.893 bits per heavy atom. The van der Waals surface area contributed by atoms with Crippen molar-refractivity contribution in [2.45, 2.75) is 97.3 Å². The lowest BCUT2D eigenvalue weighted by Crippen LogP contribution is -2.16. The van der Waals surface area contributed by atoms with Gasteiger partial charge in [-0.15, -0.1) is 0 Å². The maximum atomic E-state index is 4.93. The molecule has 28 heavy (non-hydrogen) atoms. The lowest BCUT2D eigenvalue weighted by molar-refractivity contribution is 0.401. The Bertz CT molecular complexity index is 705. The Balaban J connectivity index is 1.55. The Morgan fingerprint density at radius 3 is 2.39 bits per heavy atom. The van der Waals surface area contributed by atoms with Crippen molar-refractivity contribution in [3.63, 3.8) is 0 Å². The number of hydrogen-bond donors (Lipinski definition) is 0. The summed E-state index contributed by atoms with van der Waals surface area (Å²) in [5, 5.41) is 0.